The Morgan fingerprint density at radius 3 is 2.75 bits per heavy atom. The summed E-state index contributed by atoms with van der Waals surface area (Å²) in [6, 6.07) is 0. The molecule has 1 atom stereocenters. The summed E-state index contributed by atoms with van der Waals surface area (Å²) < 4.78 is 4.50. The van der Waals surface area contributed by atoms with Gasteiger partial charge in [0, 0.05) is 7.11 Å². The zero-order chi connectivity index (χ0) is 6.41. The van der Waals surface area contributed by atoms with Gasteiger partial charge >= 0.3 is 0 Å². The fraction of sp³-hybridized carbons (Fsp3) is 1.00. The van der Waals surface area contributed by atoms with Crippen LogP contribution >= 0.6 is 0 Å². The van der Waals surface area contributed by atoms with Crippen molar-refractivity contribution in [3.63, 3.8) is 0 Å². The molecule has 0 aliphatic heterocycles. The molecule has 0 aromatic carbocycles. The molecule has 0 saturated heterocycles. The highest BCUT2D eigenvalue weighted by atomic mass is 16.6. The maximum atomic E-state index is 8.66. The largest absolute Gasteiger partial charge is 0.356 e. The van der Waals surface area contributed by atoms with Crippen molar-refractivity contribution >= 4 is 0 Å². The van der Waals surface area contributed by atoms with Gasteiger partial charge in [-0.3, -0.25) is 5.32 Å². The molecule has 0 unspecified atom stereocenters. The Morgan fingerprint density at radius 1 is 1.75 bits per heavy atom. The molecule has 8 heavy (non-hydrogen) atoms. The van der Waals surface area contributed by atoms with Crippen LogP contribution in [-0.2, 0) is 4.74 Å². The normalized spacial score (nSPS) is 13.9. The van der Waals surface area contributed by atoms with E-state index in [1.165, 1.54) is 7.11 Å². The minimum Gasteiger partial charge on any atom is -0.356 e. The van der Waals surface area contributed by atoms with E-state index in [-0.39, 0.29) is 0 Å². The highest BCUT2D eigenvalue weighted by Gasteiger charge is 1.94. The van der Waals surface area contributed by atoms with Crippen LogP contribution in [0.3, 0.4) is 0 Å². The van der Waals surface area contributed by atoms with E-state index in [2.05, 4.69) is 10.1 Å². The van der Waals surface area contributed by atoms with Crippen molar-refractivity contribution in [1.82, 2.24) is 5.32 Å². The van der Waals surface area contributed by atoms with E-state index in [0.29, 0.717) is 0 Å². The van der Waals surface area contributed by atoms with E-state index in [9.17, 15) is 0 Å². The molecular formula is C5H13NO2. The van der Waals surface area contributed by atoms with Crippen LogP contribution in [0.5, 0.6) is 0 Å². The second-order valence-corrected chi connectivity index (χ2v) is 1.54. The number of rotatable bonds is 4. The van der Waals surface area contributed by atoms with Gasteiger partial charge in [-0.1, -0.05) is 6.92 Å². The summed E-state index contributed by atoms with van der Waals surface area (Å²) in [6.07, 6.45) is 0.204. The molecule has 0 bridgehead atoms. The fourth-order valence-electron chi connectivity index (χ4n) is 0.351. The van der Waals surface area contributed by atoms with Gasteiger partial charge in [0.15, 0.2) is 0 Å². The first-order valence-electron chi connectivity index (χ1n) is 2.75. The van der Waals surface area contributed by atoms with Crippen LogP contribution in [0.4, 0.5) is 0 Å². The SMILES string of the molecule is CCCN[C@H](O)OC. The molecule has 0 spiro atoms. The summed E-state index contributed by atoms with van der Waals surface area (Å²) in [5.41, 5.74) is 0. The second kappa shape index (κ2) is 5.03. The monoisotopic (exact) mass is 119 g/mol. The van der Waals surface area contributed by atoms with Gasteiger partial charge in [0.2, 0.25) is 6.41 Å². The van der Waals surface area contributed by atoms with Crippen LogP contribution in [0.25, 0.3) is 0 Å². The fourth-order valence-corrected chi connectivity index (χ4v) is 0.351. The smallest absolute Gasteiger partial charge is 0.213 e. The maximum Gasteiger partial charge on any atom is 0.213 e. The summed E-state index contributed by atoms with van der Waals surface area (Å²) in [7, 11) is 1.45. The van der Waals surface area contributed by atoms with Gasteiger partial charge in [0.25, 0.3) is 0 Å². The number of ether oxygens (including phenoxy) is 1. The lowest BCUT2D eigenvalue weighted by atomic mass is 10.5. The number of hydrogen-bond donors (Lipinski definition) is 2. The number of aliphatic hydroxyl groups is 1. The van der Waals surface area contributed by atoms with Crippen LogP contribution in [0.1, 0.15) is 13.3 Å². The zero-order valence-electron chi connectivity index (χ0n) is 5.35. The van der Waals surface area contributed by atoms with Crippen molar-refractivity contribution in [1.29, 1.82) is 0 Å². The predicted octanol–water partition coefficient (Wildman–Crippen LogP) is -0.0917. The van der Waals surface area contributed by atoms with E-state index in [1.54, 1.807) is 0 Å². The second-order valence-electron chi connectivity index (χ2n) is 1.54. The van der Waals surface area contributed by atoms with Crippen LogP contribution in [-0.4, -0.2) is 25.2 Å². The molecule has 0 saturated carbocycles. The number of hydrogen-bond acceptors (Lipinski definition) is 3. The lowest BCUT2D eigenvalue weighted by Gasteiger charge is -2.07. The van der Waals surface area contributed by atoms with Crippen LogP contribution in [0.2, 0.25) is 0 Å². The van der Waals surface area contributed by atoms with Gasteiger partial charge in [0.05, 0.1) is 0 Å². The van der Waals surface area contributed by atoms with Gasteiger partial charge in [0.1, 0.15) is 0 Å². The molecule has 0 radical (unpaired) electrons. The van der Waals surface area contributed by atoms with Crippen molar-refractivity contribution in [3.05, 3.63) is 0 Å². The van der Waals surface area contributed by atoms with Gasteiger partial charge in [-0.05, 0) is 13.0 Å². The Balaban J connectivity index is 2.86. The first-order valence-corrected chi connectivity index (χ1v) is 2.75. The number of nitrogens with one attached hydrogen (secondary N) is 1. The third-order valence-corrected chi connectivity index (χ3v) is 0.792. The Bertz CT molecular complexity index is 49.7. The van der Waals surface area contributed by atoms with Crippen LogP contribution in [0.15, 0.2) is 0 Å². The van der Waals surface area contributed by atoms with Crippen molar-refractivity contribution in [2.24, 2.45) is 0 Å². The average molecular weight is 119 g/mol. The first kappa shape index (κ1) is 7.88. The third-order valence-electron chi connectivity index (χ3n) is 0.792. The summed E-state index contributed by atoms with van der Waals surface area (Å²) >= 11 is 0. The molecule has 0 aliphatic carbocycles. The highest BCUT2D eigenvalue weighted by Crippen LogP contribution is 1.76. The molecule has 0 aromatic rings. The first-order chi connectivity index (χ1) is 3.81. The van der Waals surface area contributed by atoms with E-state index in [4.69, 9.17) is 5.11 Å². The van der Waals surface area contributed by atoms with Crippen LogP contribution < -0.4 is 5.32 Å². The standard InChI is InChI=1S/C5H13NO2/c1-3-4-6-5(7)8-2/h5-7H,3-4H2,1-2H3/t5-/m1/s1. The molecule has 0 rings (SSSR count). The van der Waals surface area contributed by atoms with Crippen molar-refractivity contribution in [3.8, 4) is 0 Å². The van der Waals surface area contributed by atoms with Crippen molar-refractivity contribution < 1.29 is 9.84 Å². The van der Waals surface area contributed by atoms with E-state index in [0.717, 1.165) is 13.0 Å². The zero-order valence-corrected chi connectivity index (χ0v) is 5.35. The van der Waals surface area contributed by atoms with Gasteiger partial charge in [-0.2, -0.15) is 0 Å². The Hall–Kier alpha value is -0.120. The van der Waals surface area contributed by atoms with E-state index >= 15 is 0 Å². The molecule has 2 N–H and O–H groups in total. The molecule has 0 heterocycles. The Morgan fingerprint density at radius 2 is 2.38 bits per heavy atom. The topological polar surface area (TPSA) is 41.5 Å². The lowest BCUT2D eigenvalue weighted by molar-refractivity contribution is -0.0962. The van der Waals surface area contributed by atoms with Gasteiger partial charge < -0.3 is 9.84 Å². The summed E-state index contributed by atoms with van der Waals surface area (Å²) in [4.78, 5) is 0. The molecule has 3 nitrogen and oxygen atoms in total. The Kier molecular flexibility index (Phi) is 4.95. The predicted molar refractivity (Wildman–Crippen MR) is 31.3 cm³/mol. The average Bonchev–Trinajstić information content (AvgIpc) is 1.83. The molecule has 3 heteroatoms. The van der Waals surface area contributed by atoms with Gasteiger partial charge in [-0.15, -0.1) is 0 Å². The maximum absolute atomic E-state index is 8.66. The van der Waals surface area contributed by atoms with Crippen molar-refractivity contribution in [2.75, 3.05) is 13.7 Å². The molecular weight excluding hydrogens is 106 g/mol. The quantitative estimate of drug-likeness (QED) is 0.508. The van der Waals surface area contributed by atoms with Crippen LogP contribution in [0, 0.1) is 0 Å². The summed E-state index contributed by atoms with van der Waals surface area (Å²) in [5, 5.41) is 11.4. The van der Waals surface area contributed by atoms with E-state index < -0.39 is 6.41 Å². The minimum absolute atomic E-state index is 0.787. The molecule has 0 amide bonds. The third kappa shape index (κ3) is 4.05. The Labute approximate surface area is 49.7 Å². The number of aliphatic hydroxyl groups excluding tert-OH is 1. The van der Waals surface area contributed by atoms with Crippen molar-refractivity contribution in [2.45, 2.75) is 19.8 Å². The summed E-state index contributed by atoms with van der Waals surface area (Å²) in [6.45, 7) is 2.81. The van der Waals surface area contributed by atoms with Gasteiger partial charge in [-0.25, -0.2) is 0 Å². The van der Waals surface area contributed by atoms with E-state index in [1.807, 2.05) is 6.92 Å². The molecule has 0 aliphatic rings. The molecule has 50 valence electrons. The minimum atomic E-state index is -0.796. The number of methoxy groups -OCH3 is 1. The molecule has 0 fully saturated rings. The summed E-state index contributed by atoms with van der Waals surface area (Å²) in [5.74, 6) is 0. The highest BCUT2D eigenvalue weighted by molar-refractivity contribution is 4.37. The lowest BCUT2D eigenvalue weighted by Crippen LogP contribution is -2.30. The molecule has 0 aromatic heterocycles.